The molecule has 0 unspecified atom stereocenters. The normalized spacial score (nSPS) is 18.4. The smallest absolute Gasteiger partial charge is 0.306 e. The topological polar surface area (TPSA) is 93.9 Å². The average Bonchev–Trinajstić information content (AvgIpc) is 3.35. The van der Waals surface area contributed by atoms with Crippen LogP contribution in [0.3, 0.4) is 0 Å². The predicted octanol–water partition coefficient (Wildman–Crippen LogP) is 3.11. The van der Waals surface area contributed by atoms with E-state index in [1.807, 2.05) is 0 Å². The molecule has 1 saturated carbocycles. The van der Waals surface area contributed by atoms with E-state index in [9.17, 15) is 14.0 Å². The van der Waals surface area contributed by atoms with Crippen LogP contribution in [0.1, 0.15) is 44.4 Å². The SMILES string of the molecule is O=C(COC(=O)CCc1ncc(-c2ccc(F)cc2)o1)NCC1(N2CCOCC2)CCCCC1. The molecular weight excluding hydrogens is 441 g/mol. The van der Waals surface area contributed by atoms with Gasteiger partial charge in [0.15, 0.2) is 18.3 Å². The Balaban J connectivity index is 1.19. The van der Waals surface area contributed by atoms with E-state index in [1.165, 1.54) is 24.8 Å². The number of halogens is 1. The Morgan fingerprint density at radius 3 is 2.59 bits per heavy atom. The number of ether oxygens (including phenoxy) is 2. The highest BCUT2D eigenvalue weighted by Crippen LogP contribution is 2.33. The van der Waals surface area contributed by atoms with Crippen molar-refractivity contribution in [2.75, 3.05) is 39.5 Å². The van der Waals surface area contributed by atoms with Crippen LogP contribution in [0.2, 0.25) is 0 Å². The van der Waals surface area contributed by atoms with Crippen molar-refractivity contribution < 1.29 is 27.9 Å². The summed E-state index contributed by atoms with van der Waals surface area (Å²) in [5.74, 6) is -0.228. The molecule has 1 N–H and O–H groups in total. The molecule has 1 aromatic carbocycles. The van der Waals surface area contributed by atoms with Crippen LogP contribution in [-0.4, -0.2) is 66.8 Å². The van der Waals surface area contributed by atoms with Crippen LogP contribution in [0.25, 0.3) is 11.3 Å². The molecule has 0 spiro atoms. The van der Waals surface area contributed by atoms with Crippen LogP contribution in [0.15, 0.2) is 34.9 Å². The van der Waals surface area contributed by atoms with Gasteiger partial charge in [-0.2, -0.15) is 0 Å². The van der Waals surface area contributed by atoms with Gasteiger partial charge in [-0.15, -0.1) is 0 Å². The van der Waals surface area contributed by atoms with Crippen LogP contribution in [0.4, 0.5) is 4.39 Å². The molecule has 1 aliphatic carbocycles. The maximum absolute atomic E-state index is 13.1. The number of benzene rings is 1. The Kier molecular flexibility index (Phi) is 8.29. The third-order valence-corrected chi connectivity index (χ3v) is 6.67. The first-order valence-electron chi connectivity index (χ1n) is 12.0. The number of hydrogen-bond acceptors (Lipinski definition) is 7. The molecule has 0 bridgehead atoms. The molecule has 0 radical (unpaired) electrons. The highest BCUT2D eigenvalue weighted by atomic mass is 19.1. The highest BCUT2D eigenvalue weighted by Gasteiger charge is 2.38. The molecule has 0 atom stereocenters. The molecule has 2 aromatic rings. The summed E-state index contributed by atoms with van der Waals surface area (Å²) in [4.78, 5) is 31.1. The van der Waals surface area contributed by atoms with Gasteiger partial charge in [0.25, 0.3) is 5.91 Å². The van der Waals surface area contributed by atoms with Crippen molar-refractivity contribution in [3.05, 3.63) is 42.2 Å². The van der Waals surface area contributed by atoms with Crippen LogP contribution < -0.4 is 5.32 Å². The summed E-state index contributed by atoms with van der Waals surface area (Å²) < 4.78 is 29.3. The van der Waals surface area contributed by atoms with Gasteiger partial charge in [0.05, 0.1) is 25.8 Å². The van der Waals surface area contributed by atoms with E-state index in [2.05, 4.69) is 15.2 Å². The number of hydrogen-bond donors (Lipinski definition) is 1. The Morgan fingerprint density at radius 2 is 1.85 bits per heavy atom. The standard InChI is InChI=1S/C25H32FN3O5/c26-20-6-4-19(5-7-20)21-16-27-23(34-21)8-9-24(31)33-17-22(30)28-18-25(10-2-1-3-11-25)29-12-14-32-15-13-29/h4-7,16H,1-3,8-15,17-18H2,(H,28,30). The fraction of sp³-hybridized carbons (Fsp3) is 0.560. The van der Waals surface area contributed by atoms with Gasteiger partial charge < -0.3 is 19.2 Å². The summed E-state index contributed by atoms with van der Waals surface area (Å²) in [5, 5.41) is 2.99. The molecule has 1 amide bonds. The molecule has 8 nitrogen and oxygen atoms in total. The van der Waals surface area contributed by atoms with E-state index in [0.717, 1.165) is 52.0 Å². The Morgan fingerprint density at radius 1 is 1.12 bits per heavy atom. The molecule has 2 aliphatic rings. The second-order valence-corrected chi connectivity index (χ2v) is 8.95. The largest absolute Gasteiger partial charge is 0.456 e. The number of amides is 1. The number of rotatable bonds is 9. The molecule has 4 rings (SSSR count). The van der Waals surface area contributed by atoms with E-state index < -0.39 is 5.97 Å². The zero-order valence-corrected chi connectivity index (χ0v) is 19.4. The second kappa shape index (κ2) is 11.6. The number of oxazole rings is 1. The second-order valence-electron chi connectivity index (χ2n) is 8.95. The van der Waals surface area contributed by atoms with Gasteiger partial charge in [-0.1, -0.05) is 19.3 Å². The minimum atomic E-state index is -0.489. The molecule has 2 fully saturated rings. The number of carbonyl (C=O) groups is 2. The number of carbonyl (C=O) groups excluding carboxylic acids is 2. The third-order valence-electron chi connectivity index (χ3n) is 6.67. The van der Waals surface area contributed by atoms with Crippen molar-refractivity contribution in [3.8, 4) is 11.3 Å². The van der Waals surface area contributed by atoms with Gasteiger partial charge in [0, 0.05) is 37.2 Å². The van der Waals surface area contributed by atoms with E-state index >= 15 is 0 Å². The van der Waals surface area contributed by atoms with E-state index in [0.29, 0.717) is 23.8 Å². The lowest BCUT2D eigenvalue weighted by Crippen LogP contribution is -2.59. The minimum absolute atomic E-state index is 0.0329. The van der Waals surface area contributed by atoms with Crippen molar-refractivity contribution in [3.63, 3.8) is 0 Å². The first kappa shape index (κ1) is 24.3. The molecule has 1 saturated heterocycles. The fourth-order valence-corrected chi connectivity index (χ4v) is 4.77. The lowest BCUT2D eigenvalue weighted by Gasteiger charge is -2.48. The van der Waals surface area contributed by atoms with Crippen molar-refractivity contribution >= 4 is 11.9 Å². The van der Waals surface area contributed by atoms with Crippen LogP contribution >= 0.6 is 0 Å². The molecular formula is C25H32FN3O5. The molecule has 184 valence electrons. The maximum Gasteiger partial charge on any atom is 0.306 e. The summed E-state index contributed by atoms with van der Waals surface area (Å²) in [6, 6.07) is 5.89. The van der Waals surface area contributed by atoms with E-state index in [-0.39, 0.29) is 36.7 Å². The zero-order chi connectivity index (χ0) is 23.8. The molecule has 2 heterocycles. The summed E-state index contributed by atoms with van der Waals surface area (Å²) in [5.41, 5.74) is 0.668. The van der Waals surface area contributed by atoms with Gasteiger partial charge in [0.2, 0.25) is 0 Å². The minimum Gasteiger partial charge on any atom is -0.456 e. The summed E-state index contributed by atoms with van der Waals surface area (Å²) in [6.07, 6.45) is 7.50. The average molecular weight is 474 g/mol. The molecule has 34 heavy (non-hydrogen) atoms. The Hall–Kier alpha value is -2.78. The van der Waals surface area contributed by atoms with Crippen molar-refractivity contribution in [2.45, 2.75) is 50.5 Å². The Labute approximate surface area is 198 Å². The number of esters is 1. The van der Waals surface area contributed by atoms with E-state index in [1.54, 1.807) is 12.1 Å². The lowest BCUT2D eigenvalue weighted by molar-refractivity contribution is -0.148. The number of nitrogens with zero attached hydrogens (tertiary/aromatic N) is 2. The first-order valence-corrected chi connectivity index (χ1v) is 12.0. The van der Waals surface area contributed by atoms with Gasteiger partial charge in [-0.25, -0.2) is 9.37 Å². The number of aryl methyl sites for hydroxylation is 1. The van der Waals surface area contributed by atoms with Crippen molar-refractivity contribution in [2.24, 2.45) is 0 Å². The third kappa shape index (κ3) is 6.42. The molecule has 1 aromatic heterocycles. The van der Waals surface area contributed by atoms with Crippen molar-refractivity contribution in [1.29, 1.82) is 0 Å². The van der Waals surface area contributed by atoms with Gasteiger partial charge in [-0.05, 0) is 37.1 Å². The fourth-order valence-electron chi connectivity index (χ4n) is 4.77. The summed E-state index contributed by atoms with van der Waals surface area (Å²) in [7, 11) is 0. The number of aromatic nitrogens is 1. The van der Waals surface area contributed by atoms with Gasteiger partial charge >= 0.3 is 5.97 Å². The first-order chi connectivity index (χ1) is 16.5. The summed E-state index contributed by atoms with van der Waals surface area (Å²) >= 11 is 0. The van der Waals surface area contributed by atoms with Crippen LogP contribution in [-0.2, 0) is 25.5 Å². The quantitative estimate of drug-likeness (QED) is 0.560. The van der Waals surface area contributed by atoms with Gasteiger partial charge in [-0.3, -0.25) is 14.5 Å². The highest BCUT2D eigenvalue weighted by molar-refractivity contribution is 5.80. The Bertz CT molecular complexity index is 950. The molecule has 1 aliphatic heterocycles. The maximum atomic E-state index is 13.1. The number of morpholine rings is 1. The lowest BCUT2D eigenvalue weighted by atomic mass is 9.79. The number of nitrogens with one attached hydrogen (secondary N) is 1. The van der Waals surface area contributed by atoms with E-state index in [4.69, 9.17) is 13.9 Å². The zero-order valence-electron chi connectivity index (χ0n) is 19.4. The predicted molar refractivity (Wildman–Crippen MR) is 122 cm³/mol. The monoisotopic (exact) mass is 473 g/mol. The molecule has 9 heteroatoms. The van der Waals surface area contributed by atoms with Gasteiger partial charge in [0.1, 0.15) is 5.82 Å². The van der Waals surface area contributed by atoms with Crippen LogP contribution in [0.5, 0.6) is 0 Å². The van der Waals surface area contributed by atoms with Crippen molar-refractivity contribution in [1.82, 2.24) is 15.2 Å². The summed E-state index contributed by atoms with van der Waals surface area (Å²) in [6.45, 7) is 3.48. The van der Waals surface area contributed by atoms with Crippen LogP contribution in [0, 0.1) is 5.82 Å².